The molecule has 0 radical (unpaired) electrons. The lowest BCUT2D eigenvalue weighted by atomic mass is 10.1. The second-order valence-electron chi connectivity index (χ2n) is 4.85. The molecular formula is C14H20BrNO4S. The van der Waals surface area contributed by atoms with Gasteiger partial charge in [-0.15, -0.1) is 0 Å². The normalized spacial score (nSPS) is 11.4. The van der Waals surface area contributed by atoms with Gasteiger partial charge in [0.25, 0.3) is 0 Å². The fraction of sp³-hybridized carbons (Fsp3) is 0.500. The van der Waals surface area contributed by atoms with Gasteiger partial charge in [0.15, 0.2) is 0 Å². The van der Waals surface area contributed by atoms with Gasteiger partial charge in [-0.05, 0) is 47.0 Å². The van der Waals surface area contributed by atoms with Gasteiger partial charge < -0.3 is 4.74 Å². The summed E-state index contributed by atoms with van der Waals surface area (Å²) in [7, 11) is -3.90. The number of hydrogen-bond donors (Lipinski definition) is 1. The molecule has 7 heteroatoms. The average molecular weight is 378 g/mol. The highest BCUT2D eigenvalue weighted by Gasteiger charge is 2.19. The molecule has 0 aliphatic heterocycles. The van der Waals surface area contributed by atoms with Crippen molar-refractivity contribution >= 4 is 31.9 Å². The number of hydrogen-bond acceptors (Lipinski definition) is 4. The predicted molar refractivity (Wildman–Crippen MR) is 84.7 cm³/mol. The zero-order chi connectivity index (χ0) is 16.0. The first-order valence-corrected chi connectivity index (χ1v) is 9.11. The Balaban J connectivity index is 2.84. The Morgan fingerprint density at radius 2 is 1.95 bits per heavy atom. The lowest BCUT2D eigenvalue weighted by Gasteiger charge is -2.09. The summed E-state index contributed by atoms with van der Waals surface area (Å²) in [5.41, 5.74) is 0.801. The van der Waals surface area contributed by atoms with Gasteiger partial charge >= 0.3 is 5.97 Å². The maximum absolute atomic E-state index is 11.9. The first-order chi connectivity index (χ1) is 9.77. The Bertz CT molecular complexity index is 614. The minimum absolute atomic E-state index is 0.111. The van der Waals surface area contributed by atoms with Crippen LogP contribution in [0.2, 0.25) is 0 Å². The molecule has 0 atom stereocenters. The number of rotatable bonds is 7. The Labute approximate surface area is 134 Å². The Kier molecular flexibility index (Phi) is 6.83. The van der Waals surface area contributed by atoms with Gasteiger partial charge in [0.1, 0.15) is 0 Å². The maximum Gasteiger partial charge on any atom is 0.338 e. The molecule has 0 aromatic heterocycles. The molecule has 2 N–H and O–H groups in total. The number of esters is 1. The summed E-state index contributed by atoms with van der Waals surface area (Å²) < 4.78 is 28.5. The van der Waals surface area contributed by atoms with Crippen LogP contribution < -0.4 is 5.14 Å². The van der Waals surface area contributed by atoms with Gasteiger partial charge in [0, 0.05) is 4.47 Å². The maximum atomic E-state index is 11.9. The van der Waals surface area contributed by atoms with Gasteiger partial charge in [-0.25, -0.2) is 18.4 Å². The van der Waals surface area contributed by atoms with Crippen LogP contribution in [-0.2, 0) is 14.8 Å². The van der Waals surface area contributed by atoms with Crippen molar-refractivity contribution in [2.75, 3.05) is 6.61 Å². The van der Waals surface area contributed by atoms with E-state index in [0.717, 1.165) is 25.7 Å². The van der Waals surface area contributed by atoms with E-state index in [9.17, 15) is 13.2 Å². The number of halogens is 1. The molecule has 0 amide bonds. The van der Waals surface area contributed by atoms with E-state index in [-0.39, 0.29) is 10.5 Å². The Morgan fingerprint density at radius 1 is 1.29 bits per heavy atom. The summed E-state index contributed by atoms with van der Waals surface area (Å²) in [6.07, 6.45) is 4.02. The van der Waals surface area contributed by atoms with Gasteiger partial charge in [0.05, 0.1) is 17.1 Å². The molecule has 5 nitrogen and oxygen atoms in total. The highest BCUT2D eigenvalue weighted by atomic mass is 79.9. The van der Waals surface area contributed by atoms with Crippen molar-refractivity contribution in [1.29, 1.82) is 0 Å². The zero-order valence-corrected chi connectivity index (χ0v) is 14.6. The van der Waals surface area contributed by atoms with Gasteiger partial charge in [0.2, 0.25) is 10.0 Å². The number of aryl methyl sites for hydroxylation is 1. The number of carbonyl (C=O) groups excluding carboxylic acids is 1. The van der Waals surface area contributed by atoms with Crippen LogP contribution in [0.4, 0.5) is 0 Å². The van der Waals surface area contributed by atoms with Crippen molar-refractivity contribution in [3.05, 3.63) is 27.7 Å². The van der Waals surface area contributed by atoms with E-state index in [1.54, 1.807) is 13.0 Å². The van der Waals surface area contributed by atoms with E-state index in [1.165, 1.54) is 6.07 Å². The van der Waals surface area contributed by atoms with Gasteiger partial charge in [-0.2, -0.15) is 0 Å². The average Bonchev–Trinajstić information content (AvgIpc) is 2.39. The molecule has 0 aliphatic carbocycles. The van der Waals surface area contributed by atoms with Gasteiger partial charge in [-0.3, -0.25) is 0 Å². The standard InChI is InChI=1S/C14H20BrNO4S/c1-3-4-5-6-7-20-14(17)11-8-10(2)13(15)12(9-11)21(16,18)19/h8-9H,3-7H2,1-2H3,(H2,16,18,19). The number of sulfonamides is 1. The third-order valence-electron chi connectivity index (χ3n) is 2.99. The Morgan fingerprint density at radius 3 is 2.52 bits per heavy atom. The van der Waals surface area contributed by atoms with E-state index >= 15 is 0 Å². The minimum Gasteiger partial charge on any atom is -0.462 e. The Hall–Kier alpha value is -0.920. The van der Waals surface area contributed by atoms with Crippen LogP contribution in [0.15, 0.2) is 21.5 Å². The van der Waals surface area contributed by atoms with E-state index in [1.807, 2.05) is 0 Å². The molecule has 0 heterocycles. The van der Waals surface area contributed by atoms with Crippen molar-refractivity contribution in [2.45, 2.75) is 44.4 Å². The van der Waals surface area contributed by atoms with E-state index in [4.69, 9.17) is 9.88 Å². The second kappa shape index (κ2) is 7.91. The summed E-state index contributed by atoms with van der Waals surface area (Å²) >= 11 is 3.17. The van der Waals surface area contributed by atoms with Gasteiger partial charge in [-0.1, -0.05) is 26.2 Å². The van der Waals surface area contributed by atoms with Crippen molar-refractivity contribution in [3.63, 3.8) is 0 Å². The number of carbonyl (C=O) groups is 1. The molecule has 0 saturated carbocycles. The first kappa shape index (κ1) is 18.1. The van der Waals surface area contributed by atoms with Crippen LogP contribution in [0.25, 0.3) is 0 Å². The van der Waals surface area contributed by atoms with Crippen molar-refractivity contribution in [1.82, 2.24) is 0 Å². The van der Waals surface area contributed by atoms with Crippen LogP contribution in [-0.4, -0.2) is 21.0 Å². The van der Waals surface area contributed by atoms with Crippen LogP contribution in [0.1, 0.15) is 48.5 Å². The summed E-state index contributed by atoms with van der Waals surface area (Å²) in [4.78, 5) is 11.8. The van der Waals surface area contributed by atoms with Crippen LogP contribution in [0.3, 0.4) is 0 Å². The molecule has 0 unspecified atom stereocenters. The van der Waals surface area contributed by atoms with Crippen LogP contribution in [0.5, 0.6) is 0 Å². The second-order valence-corrected chi connectivity index (χ2v) is 7.17. The minimum atomic E-state index is -3.90. The predicted octanol–water partition coefficient (Wildman–Crippen LogP) is 3.14. The van der Waals surface area contributed by atoms with Crippen LogP contribution >= 0.6 is 15.9 Å². The number of benzene rings is 1. The number of primary sulfonamides is 1. The molecule has 0 bridgehead atoms. The fourth-order valence-electron chi connectivity index (χ4n) is 1.84. The molecule has 1 aromatic carbocycles. The topological polar surface area (TPSA) is 86.5 Å². The summed E-state index contributed by atoms with van der Waals surface area (Å²) in [6.45, 7) is 4.13. The molecule has 1 rings (SSSR count). The first-order valence-electron chi connectivity index (χ1n) is 6.77. The summed E-state index contributed by atoms with van der Waals surface area (Å²) in [6, 6.07) is 2.81. The molecular weight excluding hydrogens is 358 g/mol. The van der Waals surface area contributed by atoms with E-state index < -0.39 is 16.0 Å². The highest BCUT2D eigenvalue weighted by Crippen LogP contribution is 2.26. The van der Waals surface area contributed by atoms with E-state index in [0.29, 0.717) is 16.6 Å². The van der Waals surface area contributed by atoms with Crippen LogP contribution in [0, 0.1) is 6.92 Å². The number of unbranched alkanes of at least 4 members (excludes halogenated alkanes) is 3. The lowest BCUT2D eigenvalue weighted by Crippen LogP contribution is -2.15. The summed E-state index contributed by atoms with van der Waals surface area (Å²) in [5.74, 6) is -0.535. The molecule has 0 fully saturated rings. The summed E-state index contributed by atoms with van der Waals surface area (Å²) in [5, 5.41) is 5.14. The molecule has 0 aliphatic rings. The molecule has 21 heavy (non-hydrogen) atoms. The molecule has 118 valence electrons. The molecule has 1 aromatic rings. The smallest absolute Gasteiger partial charge is 0.338 e. The lowest BCUT2D eigenvalue weighted by molar-refractivity contribution is 0.0497. The third kappa shape index (κ3) is 5.41. The largest absolute Gasteiger partial charge is 0.462 e. The van der Waals surface area contributed by atoms with E-state index in [2.05, 4.69) is 22.9 Å². The highest BCUT2D eigenvalue weighted by molar-refractivity contribution is 9.10. The van der Waals surface area contributed by atoms with Crippen molar-refractivity contribution in [3.8, 4) is 0 Å². The van der Waals surface area contributed by atoms with Crippen molar-refractivity contribution in [2.24, 2.45) is 5.14 Å². The van der Waals surface area contributed by atoms with Crippen molar-refractivity contribution < 1.29 is 17.9 Å². The molecule has 0 saturated heterocycles. The fourth-order valence-corrected chi connectivity index (χ4v) is 3.45. The monoisotopic (exact) mass is 377 g/mol. The number of ether oxygens (including phenoxy) is 1. The zero-order valence-electron chi connectivity index (χ0n) is 12.2. The number of nitrogens with two attached hydrogens (primary N) is 1. The quantitative estimate of drug-likeness (QED) is 0.583. The molecule has 0 spiro atoms. The SMILES string of the molecule is CCCCCCOC(=O)c1cc(C)c(Br)c(S(N)(=O)=O)c1. The third-order valence-corrected chi connectivity index (χ3v) is 5.24.